The quantitative estimate of drug-likeness (QED) is 0.112. The zero-order valence-corrected chi connectivity index (χ0v) is 29.0. The molecule has 11 nitrogen and oxygen atoms in total. The van der Waals surface area contributed by atoms with Gasteiger partial charge in [-0.05, 0) is 113 Å². The van der Waals surface area contributed by atoms with Crippen LogP contribution in [0.4, 0.5) is 4.39 Å². The predicted molar refractivity (Wildman–Crippen MR) is 187 cm³/mol. The number of nitrogens with two attached hydrogens (primary N) is 3. The molecule has 0 aliphatic rings. The summed E-state index contributed by atoms with van der Waals surface area (Å²) in [7, 11) is 3.40. The molecule has 0 heterocycles. The van der Waals surface area contributed by atoms with Gasteiger partial charge in [-0.3, -0.25) is 9.59 Å². The van der Waals surface area contributed by atoms with Gasteiger partial charge in [0.1, 0.15) is 17.9 Å². The maximum absolute atomic E-state index is 14.4. The fourth-order valence-electron chi connectivity index (χ4n) is 3.55. The van der Waals surface area contributed by atoms with Crippen LogP contribution in [0.15, 0.2) is 36.4 Å². The normalized spacial score (nSPS) is 10.9. The fourth-order valence-corrected chi connectivity index (χ4v) is 3.55. The van der Waals surface area contributed by atoms with E-state index in [0.717, 1.165) is 43.5 Å². The number of nitrogens with zero attached hydrogens (tertiary/aromatic N) is 1. The summed E-state index contributed by atoms with van der Waals surface area (Å²) in [6, 6.07) is 8.95. The number of phenolic OH excluding ortho intramolecular Hbond substituents is 1. The van der Waals surface area contributed by atoms with Crippen molar-refractivity contribution in [2.75, 3.05) is 46.9 Å². The van der Waals surface area contributed by atoms with Crippen LogP contribution in [-0.2, 0) is 27.2 Å². The number of amides is 2. The van der Waals surface area contributed by atoms with Crippen LogP contribution in [0, 0.1) is 5.82 Å². The van der Waals surface area contributed by atoms with Gasteiger partial charge in [0, 0.05) is 26.2 Å². The average molecular weight is 653 g/mol. The Morgan fingerprint density at radius 1 is 1.00 bits per heavy atom. The first-order chi connectivity index (χ1) is 22.0. The van der Waals surface area contributed by atoms with Crippen LogP contribution in [-0.4, -0.2) is 92.7 Å². The van der Waals surface area contributed by atoms with E-state index < -0.39 is 6.04 Å². The first-order valence-corrected chi connectivity index (χ1v) is 15.9. The number of carbonyl (C=O) groups is 3. The highest BCUT2D eigenvalue weighted by Gasteiger charge is 2.18. The fraction of sp³-hybridized carbons (Fsp3) is 0.559. The van der Waals surface area contributed by atoms with Crippen molar-refractivity contribution in [3.63, 3.8) is 0 Å². The molecule has 10 N–H and O–H groups in total. The van der Waals surface area contributed by atoms with Gasteiger partial charge in [0.05, 0.1) is 12.6 Å². The van der Waals surface area contributed by atoms with E-state index in [2.05, 4.69) is 17.6 Å². The van der Waals surface area contributed by atoms with Gasteiger partial charge in [0.25, 0.3) is 0 Å². The van der Waals surface area contributed by atoms with Crippen molar-refractivity contribution in [2.45, 2.75) is 78.8 Å². The number of aliphatic hydroxyl groups is 1. The Morgan fingerprint density at radius 2 is 1.54 bits per heavy atom. The number of hydrogen-bond donors (Lipinski definition) is 7. The molecule has 264 valence electrons. The van der Waals surface area contributed by atoms with Gasteiger partial charge in [-0.2, -0.15) is 0 Å². The van der Waals surface area contributed by atoms with E-state index in [4.69, 9.17) is 22.3 Å². The molecule has 2 rings (SSSR count). The number of aliphatic hydroxyl groups excluding tert-OH is 1. The summed E-state index contributed by atoms with van der Waals surface area (Å²) in [5.41, 5.74) is 18.5. The molecular formula is C34H61FN6O5. The van der Waals surface area contributed by atoms with Crippen molar-refractivity contribution in [3.05, 3.63) is 53.3 Å². The summed E-state index contributed by atoms with van der Waals surface area (Å²) in [5.74, 6) is -0.338. The number of aldehydes is 1. The lowest BCUT2D eigenvalue weighted by Crippen LogP contribution is -2.41. The molecule has 0 fully saturated rings. The van der Waals surface area contributed by atoms with Gasteiger partial charge in [0.2, 0.25) is 12.3 Å². The average Bonchev–Trinajstić information content (AvgIpc) is 3.06. The Bertz CT molecular complexity index is 1060. The third-order valence-electron chi connectivity index (χ3n) is 6.13. The highest BCUT2D eigenvalue weighted by atomic mass is 19.1. The lowest BCUT2D eigenvalue weighted by Gasteiger charge is -2.25. The van der Waals surface area contributed by atoms with Gasteiger partial charge in [-0.15, -0.1) is 0 Å². The standard InChI is InChI=1S/C22H28FN3O3.C5H12N2O.C3H9N.C2H6O.C2H6/c1-14(26(3)22(29)12-25-2)8-17-9-15(4-6-20(17)23)16-5-7-21(28)18(10-16)11-19(24)13-27;6-3-1-2-4-7-5-8;1-2-3-4;1-2-3;1-2/h4-7,9-10,13-14,19,25,28H,8,11-12,24H2,1-3H3;5H,1-4,6H2,(H,7,8);2-4H2,1H3;3H,2H2,1H3;1-2H3. The highest BCUT2D eigenvalue weighted by molar-refractivity contribution is 5.78. The summed E-state index contributed by atoms with van der Waals surface area (Å²) in [4.78, 5) is 34.1. The van der Waals surface area contributed by atoms with Gasteiger partial charge < -0.3 is 47.7 Å². The summed E-state index contributed by atoms with van der Waals surface area (Å²) in [6.07, 6.45) is 4.99. The molecule has 2 aromatic rings. The number of benzene rings is 2. The molecule has 0 bridgehead atoms. The Morgan fingerprint density at radius 3 is 2.02 bits per heavy atom. The smallest absolute Gasteiger partial charge is 0.236 e. The van der Waals surface area contributed by atoms with Crippen molar-refractivity contribution in [1.29, 1.82) is 0 Å². The van der Waals surface area contributed by atoms with Gasteiger partial charge in [-0.1, -0.05) is 32.9 Å². The van der Waals surface area contributed by atoms with E-state index in [0.29, 0.717) is 36.8 Å². The second-order valence-corrected chi connectivity index (χ2v) is 9.91. The second-order valence-electron chi connectivity index (χ2n) is 9.91. The van der Waals surface area contributed by atoms with E-state index in [9.17, 15) is 23.9 Å². The van der Waals surface area contributed by atoms with Crippen LogP contribution >= 0.6 is 0 Å². The summed E-state index contributed by atoms with van der Waals surface area (Å²) >= 11 is 0. The van der Waals surface area contributed by atoms with Gasteiger partial charge in [-0.25, -0.2) is 4.39 Å². The van der Waals surface area contributed by atoms with Gasteiger partial charge in [0.15, 0.2) is 0 Å². The number of carbonyl (C=O) groups excluding carboxylic acids is 3. The first kappa shape index (κ1) is 47.0. The number of nitrogens with one attached hydrogen (secondary N) is 2. The molecule has 46 heavy (non-hydrogen) atoms. The zero-order chi connectivity index (χ0) is 35.9. The molecule has 2 unspecified atom stereocenters. The maximum atomic E-state index is 14.4. The van der Waals surface area contributed by atoms with E-state index in [-0.39, 0.29) is 43.1 Å². The third-order valence-corrected chi connectivity index (χ3v) is 6.13. The van der Waals surface area contributed by atoms with Crippen molar-refractivity contribution < 1.29 is 29.0 Å². The maximum Gasteiger partial charge on any atom is 0.236 e. The summed E-state index contributed by atoms with van der Waals surface area (Å²) < 4.78 is 14.4. The number of halogens is 1. The predicted octanol–water partition coefficient (Wildman–Crippen LogP) is 2.73. The number of likely N-dealkylation sites (N-methyl/N-ethyl adjacent to an activating group) is 2. The van der Waals surface area contributed by atoms with E-state index in [1.54, 1.807) is 50.2 Å². The molecule has 2 amide bonds. The molecule has 0 spiro atoms. The van der Waals surface area contributed by atoms with Crippen LogP contribution in [0.1, 0.15) is 65.0 Å². The lowest BCUT2D eigenvalue weighted by molar-refractivity contribution is -0.130. The molecule has 2 aromatic carbocycles. The van der Waals surface area contributed by atoms with Crippen LogP contribution in [0.3, 0.4) is 0 Å². The number of hydrogen-bond acceptors (Lipinski definition) is 9. The minimum absolute atomic E-state index is 0.0617. The van der Waals surface area contributed by atoms with Crippen molar-refractivity contribution in [3.8, 4) is 16.9 Å². The molecule has 0 aromatic heterocycles. The topological polar surface area (TPSA) is 197 Å². The first-order valence-electron chi connectivity index (χ1n) is 15.9. The van der Waals surface area contributed by atoms with E-state index in [1.807, 2.05) is 20.8 Å². The molecule has 0 aliphatic heterocycles. The van der Waals surface area contributed by atoms with Crippen molar-refractivity contribution in [1.82, 2.24) is 15.5 Å². The van der Waals surface area contributed by atoms with Gasteiger partial charge >= 0.3 is 0 Å². The second kappa shape index (κ2) is 31.6. The number of phenols is 1. The SMILES string of the molecule is CC.CCCN.CCO.CNCC(=O)N(C)C(C)Cc1cc(-c2ccc(O)c(CC(N)C=O)c2)ccc1F.NCCCCNC=O. The van der Waals surface area contributed by atoms with Crippen molar-refractivity contribution in [2.24, 2.45) is 17.2 Å². The van der Waals surface area contributed by atoms with Crippen LogP contribution < -0.4 is 27.8 Å². The Kier molecular flexibility index (Phi) is 32.2. The van der Waals surface area contributed by atoms with E-state index >= 15 is 0 Å². The van der Waals surface area contributed by atoms with Crippen molar-refractivity contribution >= 4 is 18.6 Å². The minimum Gasteiger partial charge on any atom is -0.508 e. The molecule has 0 saturated heterocycles. The summed E-state index contributed by atoms with van der Waals surface area (Å²) in [5, 5.41) is 23.0. The molecule has 0 saturated carbocycles. The van der Waals surface area contributed by atoms with Crippen LogP contribution in [0.5, 0.6) is 5.75 Å². The van der Waals surface area contributed by atoms with E-state index in [1.165, 1.54) is 12.1 Å². The molecule has 0 radical (unpaired) electrons. The Hall–Kier alpha value is -3.42. The number of aromatic hydroxyl groups is 1. The van der Waals surface area contributed by atoms with Crippen LogP contribution in [0.2, 0.25) is 0 Å². The Labute approximate surface area is 276 Å². The highest BCUT2D eigenvalue weighted by Crippen LogP contribution is 2.28. The minimum atomic E-state index is -0.702. The molecule has 0 aliphatic carbocycles. The third kappa shape index (κ3) is 22.1. The van der Waals surface area contributed by atoms with Crippen LogP contribution in [0.25, 0.3) is 11.1 Å². The molecule has 12 heteroatoms. The summed E-state index contributed by atoms with van der Waals surface area (Å²) in [6.45, 7) is 12.4. The number of unbranched alkanes of at least 4 members (excludes halogenated alkanes) is 1. The lowest BCUT2D eigenvalue weighted by atomic mass is 9.96. The largest absolute Gasteiger partial charge is 0.508 e. The zero-order valence-electron chi connectivity index (χ0n) is 29.0. The Balaban J connectivity index is -0.000000899. The molecule has 2 atom stereocenters. The monoisotopic (exact) mass is 652 g/mol. The number of rotatable bonds is 15. The molecular weight excluding hydrogens is 591 g/mol.